The Labute approximate surface area is 127 Å². The normalized spacial score (nSPS) is 18.5. The summed E-state index contributed by atoms with van der Waals surface area (Å²) in [6, 6.07) is 5.56. The van der Waals surface area contributed by atoms with Crippen LogP contribution >= 0.6 is 0 Å². The van der Waals surface area contributed by atoms with E-state index in [1.807, 2.05) is 18.2 Å². The van der Waals surface area contributed by atoms with Gasteiger partial charge >= 0.3 is 0 Å². The molecule has 1 aromatic carbocycles. The number of piperidine rings is 1. The zero-order valence-electron chi connectivity index (χ0n) is 13.3. The largest absolute Gasteiger partial charge is 0.497 e. The fourth-order valence-corrected chi connectivity index (χ4v) is 2.85. The summed E-state index contributed by atoms with van der Waals surface area (Å²) in [4.78, 5) is 2.44. The molecule has 1 unspecified atom stereocenters. The molecule has 1 aliphatic heterocycles. The fourth-order valence-electron chi connectivity index (χ4n) is 2.85. The lowest BCUT2D eigenvalue weighted by Gasteiger charge is -2.30. The zero-order valence-corrected chi connectivity index (χ0v) is 13.3. The van der Waals surface area contributed by atoms with E-state index >= 15 is 0 Å². The molecule has 0 saturated carbocycles. The van der Waals surface area contributed by atoms with Gasteiger partial charge in [-0.05, 0) is 56.5 Å². The first-order chi connectivity index (χ1) is 10.1. The van der Waals surface area contributed by atoms with E-state index in [0.717, 1.165) is 49.0 Å². The molecule has 1 N–H and O–H groups in total. The van der Waals surface area contributed by atoms with Gasteiger partial charge in [-0.1, -0.05) is 6.92 Å². The van der Waals surface area contributed by atoms with Crippen molar-refractivity contribution in [2.45, 2.75) is 32.3 Å². The highest BCUT2D eigenvalue weighted by atomic mass is 16.5. The van der Waals surface area contributed by atoms with Crippen molar-refractivity contribution < 1.29 is 14.6 Å². The lowest BCUT2D eigenvalue weighted by Crippen LogP contribution is -2.34. The minimum Gasteiger partial charge on any atom is -0.497 e. The lowest BCUT2D eigenvalue weighted by molar-refractivity contribution is 0.123. The van der Waals surface area contributed by atoms with Crippen LogP contribution in [0.3, 0.4) is 0 Å². The number of nitrogens with zero attached hydrogens (tertiary/aromatic N) is 1. The van der Waals surface area contributed by atoms with Crippen LogP contribution in [0.5, 0.6) is 11.5 Å². The maximum absolute atomic E-state index is 10.5. The number of methoxy groups -OCH3 is 2. The Kier molecular flexibility index (Phi) is 5.88. The number of rotatable bonds is 6. The molecule has 1 aliphatic rings. The highest BCUT2D eigenvalue weighted by molar-refractivity contribution is 5.41. The quantitative estimate of drug-likeness (QED) is 0.876. The SMILES string of the molecule is COc1ccc(OC)c(C(O)CCN2CCC(C)CC2)c1. The summed E-state index contributed by atoms with van der Waals surface area (Å²) >= 11 is 0. The van der Waals surface area contributed by atoms with Gasteiger partial charge < -0.3 is 19.5 Å². The maximum atomic E-state index is 10.5. The van der Waals surface area contributed by atoms with Gasteiger partial charge in [-0.25, -0.2) is 0 Å². The molecule has 0 aliphatic carbocycles. The van der Waals surface area contributed by atoms with E-state index in [9.17, 15) is 5.11 Å². The highest BCUT2D eigenvalue weighted by Crippen LogP contribution is 2.31. The van der Waals surface area contributed by atoms with Gasteiger partial charge in [0.1, 0.15) is 11.5 Å². The molecule has 1 aromatic rings. The Morgan fingerprint density at radius 1 is 1.24 bits per heavy atom. The number of hydrogen-bond acceptors (Lipinski definition) is 4. The number of aliphatic hydroxyl groups excluding tert-OH is 1. The molecule has 1 atom stereocenters. The highest BCUT2D eigenvalue weighted by Gasteiger charge is 2.19. The van der Waals surface area contributed by atoms with Gasteiger partial charge in [0.15, 0.2) is 0 Å². The molecule has 0 amide bonds. The second-order valence-electron chi connectivity index (χ2n) is 5.94. The van der Waals surface area contributed by atoms with Gasteiger partial charge in [-0.3, -0.25) is 0 Å². The molecule has 4 heteroatoms. The van der Waals surface area contributed by atoms with E-state index in [1.165, 1.54) is 12.8 Å². The van der Waals surface area contributed by atoms with Crippen molar-refractivity contribution in [3.05, 3.63) is 23.8 Å². The van der Waals surface area contributed by atoms with Gasteiger partial charge in [0.2, 0.25) is 0 Å². The minimum absolute atomic E-state index is 0.519. The number of hydrogen-bond donors (Lipinski definition) is 1. The topological polar surface area (TPSA) is 41.9 Å². The molecule has 1 fully saturated rings. The number of ether oxygens (including phenoxy) is 2. The molecule has 0 spiro atoms. The van der Waals surface area contributed by atoms with Crippen LogP contribution in [-0.4, -0.2) is 43.9 Å². The van der Waals surface area contributed by atoms with E-state index in [1.54, 1.807) is 14.2 Å². The van der Waals surface area contributed by atoms with Gasteiger partial charge in [-0.15, -0.1) is 0 Å². The molecule has 118 valence electrons. The average molecular weight is 293 g/mol. The molecule has 2 rings (SSSR count). The first kappa shape index (κ1) is 16.1. The van der Waals surface area contributed by atoms with Crippen molar-refractivity contribution in [3.8, 4) is 11.5 Å². The summed E-state index contributed by atoms with van der Waals surface area (Å²) in [6.07, 6.45) is 2.73. The number of aliphatic hydroxyl groups is 1. The summed E-state index contributed by atoms with van der Waals surface area (Å²) < 4.78 is 10.6. The first-order valence-corrected chi connectivity index (χ1v) is 7.76. The van der Waals surface area contributed by atoms with Crippen LogP contribution in [-0.2, 0) is 0 Å². The van der Waals surface area contributed by atoms with Crippen LogP contribution in [0.4, 0.5) is 0 Å². The summed E-state index contributed by atoms with van der Waals surface area (Å²) in [6.45, 7) is 5.52. The predicted octanol–water partition coefficient (Wildman–Crippen LogP) is 2.86. The smallest absolute Gasteiger partial charge is 0.124 e. The average Bonchev–Trinajstić information content (AvgIpc) is 2.53. The lowest BCUT2D eigenvalue weighted by atomic mass is 9.98. The monoisotopic (exact) mass is 293 g/mol. The van der Waals surface area contributed by atoms with E-state index in [-0.39, 0.29) is 0 Å². The standard InChI is InChI=1S/C17H27NO3/c1-13-6-9-18(10-7-13)11-8-16(19)15-12-14(20-2)4-5-17(15)21-3/h4-5,12-13,16,19H,6-11H2,1-3H3. The molecular weight excluding hydrogens is 266 g/mol. The molecule has 0 bridgehead atoms. The summed E-state index contributed by atoms with van der Waals surface area (Å²) in [5.74, 6) is 2.30. The predicted molar refractivity (Wildman–Crippen MR) is 84.0 cm³/mol. The van der Waals surface area contributed by atoms with Gasteiger partial charge in [0.25, 0.3) is 0 Å². The summed E-state index contributed by atoms with van der Waals surface area (Å²) in [5.41, 5.74) is 0.808. The van der Waals surface area contributed by atoms with Crippen LogP contribution in [0.1, 0.15) is 37.9 Å². The Balaban J connectivity index is 1.94. The Hall–Kier alpha value is -1.26. The van der Waals surface area contributed by atoms with Crippen LogP contribution in [0.25, 0.3) is 0 Å². The summed E-state index contributed by atoms with van der Waals surface area (Å²) in [5, 5.41) is 10.5. The van der Waals surface area contributed by atoms with Crippen LogP contribution in [0.2, 0.25) is 0 Å². The van der Waals surface area contributed by atoms with Gasteiger partial charge in [0, 0.05) is 12.1 Å². The van der Waals surface area contributed by atoms with Crippen molar-refractivity contribution in [1.82, 2.24) is 4.90 Å². The van der Waals surface area contributed by atoms with Crippen LogP contribution in [0.15, 0.2) is 18.2 Å². The van der Waals surface area contributed by atoms with Crippen molar-refractivity contribution >= 4 is 0 Å². The van der Waals surface area contributed by atoms with Gasteiger partial charge in [0.05, 0.1) is 20.3 Å². The van der Waals surface area contributed by atoms with Gasteiger partial charge in [-0.2, -0.15) is 0 Å². The Morgan fingerprint density at radius 3 is 2.57 bits per heavy atom. The second kappa shape index (κ2) is 7.66. The van der Waals surface area contributed by atoms with Crippen molar-refractivity contribution in [2.75, 3.05) is 33.9 Å². The van der Waals surface area contributed by atoms with Crippen LogP contribution in [0, 0.1) is 5.92 Å². The maximum Gasteiger partial charge on any atom is 0.124 e. The summed E-state index contributed by atoms with van der Waals surface area (Å²) in [7, 11) is 3.26. The van der Waals surface area contributed by atoms with Crippen molar-refractivity contribution in [1.29, 1.82) is 0 Å². The molecule has 21 heavy (non-hydrogen) atoms. The third-order valence-corrected chi connectivity index (χ3v) is 4.39. The minimum atomic E-state index is -0.519. The Morgan fingerprint density at radius 2 is 1.95 bits per heavy atom. The third-order valence-electron chi connectivity index (χ3n) is 4.39. The fraction of sp³-hybridized carbons (Fsp3) is 0.647. The molecule has 0 aromatic heterocycles. The number of likely N-dealkylation sites (tertiary alicyclic amines) is 1. The van der Waals surface area contributed by atoms with E-state index < -0.39 is 6.10 Å². The van der Waals surface area contributed by atoms with E-state index in [0.29, 0.717) is 0 Å². The van der Waals surface area contributed by atoms with E-state index in [4.69, 9.17) is 9.47 Å². The Bertz CT molecular complexity index is 442. The molecule has 0 radical (unpaired) electrons. The van der Waals surface area contributed by atoms with Crippen molar-refractivity contribution in [3.63, 3.8) is 0 Å². The van der Waals surface area contributed by atoms with Crippen LogP contribution < -0.4 is 9.47 Å². The first-order valence-electron chi connectivity index (χ1n) is 7.76. The van der Waals surface area contributed by atoms with E-state index in [2.05, 4.69) is 11.8 Å². The third kappa shape index (κ3) is 4.35. The molecule has 1 heterocycles. The van der Waals surface area contributed by atoms with Crippen molar-refractivity contribution in [2.24, 2.45) is 5.92 Å². The molecule has 1 saturated heterocycles. The molecule has 4 nitrogen and oxygen atoms in total. The second-order valence-corrected chi connectivity index (χ2v) is 5.94. The number of benzene rings is 1. The zero-order chi connectivity index (χ0) is 15.2. The molecular formula is C17H27NO3.